The molecule has 7 nitrogen and oxygen atoms in total. The van der Waals surface area contributed by atoms with Crippen molar-refractivity contribution in [3.8, 4) is 0 Å². The molecule has 1 saturated heterocycles. The van der Waals surface area contributed by atoms with Crippen LogP contribution in [0.3, 0.4) is 0 Å². The van der Waals surface area contributed by atoms with E-state index in [1.54, 1.807) is 17.8 Å². The molecule has 1 fully saturated rings. The molecule has 1 aliphatic rings. The number of aryl methyl sites for hydroxylation is 2. The summed E-state index contributed by atoms with van der Waals surface area (Å²) < 4.78 is 24.2. The van der Waals surface area contributed by atoms with Gasteiger partial charge in [-0.2, -0.15) is 5.10 Å². The summed E-state index contributed by atoms with van der Waals surface area (Å²) in [6.45, 7) is 2.89. The highest BCUT2D eigenvalue weighted by atomic mass is 32.2. The van der Waals surface area contributed by atoms with Crippen molar-refractivity contribution in [1.82, 2.24) is 14.7 Å². The molecule has 1 aliphatic heterocycles. The average molecular weight is 286 g/mol. The number of hydrogen-bond donors (Lipinski definition) is 1. The van der Waals surface area contributed by atoms with Gasteiger partial charge in [-0.15, -0.1) is 0 Å². The van der Waals surface area contributed by atoms with E-state index in [1.807, 2.05) is 11.8 Å². The number of amides is 1. The van der Waals surface area contributed by atoms with Crippen LogP contribution in [0.15, 0.2) is 6.07 Å². The van der Waals surface area contributed by atoms with E-state index >= 15 is 0 Å². The number of anilines is 1. The lowest BCUT2D eigenvalue weighted by Crippen LogP contribution is -2.44. The smallest absolute Gasteiger partial charge is 0.239 e. The lowest BCUT2D eigenvalue weighted by atomic mass is 10.4. The van der Waals surface area contributed by atoms with Crippen molar-refractivity contribution >= 4 is 21.6 Å². The van der Waals surface area contributed by atoms with Gasteiger partial charge in [0.25, 0.3) is 0 Å². The fourth-order valence-electron chi connectivity index (χ4n) is 2.02. The van der Waals surface area contributed by atoms with Crippen molar-refractivity contribution < 1.29 is 13.2 Å². The fourth-order valence-corrected chi connectivity index (χ4v) is 3.30. The molecule has 0 aromatic carbocycles. The first-order chi connectivity index (χ1) is 8.85. The van der Waals surface area contributed by atoms with Crippen LogP contribution in [0, 0.1) is 6.92 Å². The largest absolute Gasteiger partial charge is 0.310 e. The monoisotopic (exact) mass is 286 g/mol. The maximum absolute atomic E-state index is 11.9. The van der Waals surface area contributed by atoms with Gasteiger partial charge in [-0.1, -0.05) is 0 Å². The quantitative estimate of drug-likeness (QED) is 0.802. The second-order valence-electron chi connectivity index (χ2n) is 4.77. The van der Waals surface area contributed by atoms with Crippen LogP contribution in [0.25, 0.3) is 0 Å². The van der Waals surface area contributed by atoms with Crippen LogP contribution in [0.5, 0.6) is 0 Å². The molecular formula is C11H18N4O3S. The first kappa shape index (κ1) is 14.0. The summed E-state index contributed by atoms with van der Waals surface area (Å²) in [5.74, 6) is 0.755. The van der Waals surface area contributed by atoms with E-state index in [4.69, 9.17) is 0 Å². The molecule has 0 unspecified atom stereocenters. The van der Waals surface area contributed by atoms with Gasteiger partial charge in [0.2, 0.25) is 5.91 Å². The van der Waals surface area contributed by atoms with Gasteiger partial charge in [-0.25, -0.2) is 8.42 Å². The molecule has 0 bridgehead atoms. The molecule has 19 heavy (non-hydrogen) atoms. The average Bonchev–Trinajstić information content (AvgIpc) is 2.60. The Bertz CT molecular complexity index is 565. The molecule has 0 spiro atoms. The van der Waals surface area contributed by atoms with Crippen molar-refractivity contribution in [2.24, 2.45) is 7.05 Å². The molecule has 1 aromatic heterocycles. The Labute approximate surface area is 112 Å². The molecular weight excluding hydrogens is 268 g/mol. The van der Waals surface area contributed by atoms with E-state index in [0.29, 0.717) is 18.9 Å². The van der Waals surface area contributed by atoms with E-state index < -0.39 is 9.84 Å². The van der Waals surface area contributed by atoms with Crippen LogP contribution in [0.1, 0.15) is 5.69 Å². The van der Waals surface area contributed by atoms with Crippen LogP contribution >= 0.6 is 0 Å². The van der Waals surface area contributed by atoms with E-state index in [2.05, 4.69) is 10.4 Å². The molecule has 2 rings (SSSR count). The van der Waals surface area contributed by atoms with Crippen molar-refractivity contribution in [3.05, 3.63) is 11.8 Å². The van der Waals surface area contributed by atoms with Crippen LogP contribution in [-0.2, 0) is 21.7 Å². The highest BCUT2D eigenvalue weighted by Gasteiger charge is 2.23. The summed E-state index contributed by atoms with van der Waals surface area (Å²) in [5, 5.41) is 6.91. The standard InChI is InChI=1S/C11H18N4O3S/c1-9-7-10(14(2)13-9)12-11(16)8-15-3-5-19(17,18)6-4-15/h7H,3-6,8H2,1-2H3,(H,12,16). The van der Waals surface area contributed by atoms with Crippen LogP contribution in [-0.4, -0.2) is 60.1 Å². The summed E-state index contributed by atoms with van der Waals surface area (Å²) in [7, 11) is -1.14. The summed E-state index contributed by atoms with van der Waals surface area (Å²) >= 11 is 0. The lowest BCUT2D eigenvalue weighted by Gasteiger charge is -2.25. The topological polar surface area (TPSA) is 84.3 Å². The second kappa shape index (κ2) is 5.30. The normalized spacial score (nSPS) is 19.3. The number of carbonyl (C=O) groups excluding carboxylic acids is 1. The maximum atomic E-state index is 11.9. The molecule has 0 saturated carbocycles. The molecule has 2 heterocycles. The first-order valence-corrected chi connectivity index (χ1v) is 7.91. The summed E-state index contributed by atoms with van der Waals surface area (Å²) in [6, 6.07) is 1.79. The van der Waals surface area contributed by atoms with E-state index in [0.717, 1.165) is 5.69 Å². The highest BCUT2D eigenvalue weighted by Crippen LogP contribution is 2.08. The van der Waals surface area contributed by atoms with E-state index in [9.17, 15) is 13.2 Å². The lowest BCUT2D eigenvalue weighted by molar-refractivity contribution is -0.117. The third-order valence-electron chi connectivity index (χ3n) is 3.07. The molecule has 8 heteroatoms. The van der Waals surface area contributed by atoms with Gasteiger partial charge in [-0.05, 0) is 6.92 Å². The Hall–Kier alpha value is -1.41. The maximum Gasteiger partial charge on any atom is 0.239 e. The van der Waals surface area contributed by atoms with Gasteiger partial charge < -0.3 is 5.32 Å². The Kier molecular flexibility index (Phi) is 3.91. The molecule has 0 radical (unpaired) electrons. The predicted molar refractivity (Wildman–Crippen MR) is 71.7 cm³/mol. The number of carbonyl (C=O) groups is 1. The highest BCUT2D eigenvalue weighted by molar-refractivity contribution is 7.91. The van der Waals surface area contributed by atoms with Crippen LogP contribution < -0.4 is 5.32 Å². The van der Waals surface area contributed by atoms with Gasteiger partial charge in [0.15, 0.2) is 9.84 Å². The number of nitrogens with one attached hydrogen (secondary N) is 1. The summed E-state index contributed by atoms with van der Waals surface area (Å²) in [6.07, 6.45) is 0. The van der Waals surface area contributed by atoms with Crippen LogP contribution in [0.2, 0.25) is 0 Å². The number of hydrogen-bond acceptors (Lipinski definition) is 5. The SMILES string of the molecule is Cc1cc(NC(=O)CN2CCS(=O)(=O)CC2)n(C)n1. The van der Waals surface area contributed by atoms with E-state index in [-0.39, 0.29) is 24.0 Å². The zero-order chi connectivity index (χ0) is 14.0. The Morgan fingerprint density at radius 3 is 2.58 bits per heavy atom. The number of sulfone groups is 1. The number of nitrogens with zero attached hydrogens (tertiary/aromatic N) is 3. The number of rotatable bonds is 3. The molecule has 1 amide bonds. The third kappa shape index (κ3) is 3.77. The zero-order valence-electron chi connectivity index (χ0n) is 11.1. The van der Waals surface area contributed by atoms with Crippen molar-refractivity contribution in [3.63, 3.8) is 0 Å². The summed E-state index contributed by atoms with van der Waals surface area (Å²) in [4.78, 5) is 13.7. The Morgan fingerprint density at radius 2 is 2.05 bits per heavy atom. The summed E-state index contributed by atoms with van der Waals surface area (Å²) in [5.41, 5.74) is 0.835. The fraction of sp³-hybridized carbons (Fsp3) is 0.636. The minimum absolute atomic E-state index is 0.130. The Balaban J connectivity index is 1.87. The third-order valence-corrected chi connectivity index (χ3v) is 4.68. The van der Waals surface area contributed by atoms with Gasteiger partial charge in [0, 0.05) is 26.2 Å². The van der Waals surface area contributed by atoms with E-state index in [1.165, 1.54) is 0 Å². The van der Waals surface area contributed by atoms with Crippen LogP contribution in [0.4, 0.5) is 5.82 Å². The molecule has 1 N–H and O–H groups in total. The second-order valence-corrected chi connectivity index (χ2v) is 7.07. The van der Waals surface area contributed by atoms with Crippen molar-refractivity contribution in [1.29, 1.82) is 0 Å². The van der Waals surface area contributed by atoms with Gasteiger partial charge in [0.1, 0.15) is 5.82 Å². The van der Waals surface area contributed by atoms with Crippen molar-refractivity contribution in [2.75, 3.05) is 36.5 Å². The van der Waals surface area contributed by atoms with Gasteiger partial charge in [-0.3, -0.25) is 14.4 Å². The molecule has 1 aromatic rings. The minimum atomic E-state index is -2.90. The van der Waals surface area contributed by atoms with Crippen molar-refractivity contribution in [2.45, 2.75) is 6.92 Å². The number of aromatic nitrogens is 2. The first-order valence-electron chi connectivity index (χ1n) is 6.09. The van der Waals surface area contributed by atoms with Gasteiger partial charge in [0.05, 0.1) is 23.7 Å². The molecule has 0 atom stereocenters. The Morgan fingerprint density at radius 1 is 1.42 bits per heavy atom. The zero-order valence-corrected chi connectivity index (χ0v) is 11.9. The molecule has 0 aliphatic carbocycles. The molecule has 106 valence electrons. The predicted octanol–water partition coefficient (Wildman–Crippen LogP) is -0.603. The van der Waals surface area contributed by atoms with Gasteiger partial charge >= 0.3 is 0 Å². The minimum Gasteiger partial charge on any atom is -0.310 e.